The summed E-state index contributed by atoms with van der Waals surface area (Å²) in [6, 6.07) is 8.12. The van der Waals surface area contributed by atoms with Gasteiger partial charge in [0, 0.05) is 27.4 Å². The summed E-state index contributed by atoms with van der Waals surface area (Å²) in [4.78, 5) is 3.22. The second kappa shape index (κ2) is 8.88. The number of nitrogens with zero attached hydrogens (tertiary/aromatic N) is 2. The average molecular weight is 504 g/mol. The van der Waals surface area contributed by atoms with Crippen molar-refractivity contribution in [3.63, 3.8) is 0 Å². The lowest BCUT2D eigenvalue weighted by Gasteiger charge is -2.44. The Balaban J connectivity index is 2.18. The van der Waals surface area contributed by atoms with E-state index in [-0.39, 0.29) is 17.9 Å². The van der Waals surface area contributed by atoms with Gasteiger partial charge >= 0.3 is 0 Å². The van der Waals surface area contributed by atoms with Crippen molar-refractivity contribution in [1.29, 1.82) is 0 Å². The van der Waals surface area contributed by atoms with Crippen molar-refractivity contribution in [1.82, 2.24) is 4.23 Å². The second-order valence-electron chi connectivity index (χ2n) is 9.20. The lowest BCUT2D eigenvalue weighted by atomic mass is 10.0. The Morgan fingerprint density at radius 2 is 1.58 bits per heavy atom. The lowest BCUT2D eigenvalue weighted by molar-refractivity contribution is 0.613. The molecular formula is C25H29BrF2N2Si. The average Bonchev–Trinajstić information content (AvgIpc) is 3.10. The van der Waals surface area contributed by atoms with Crippen LogP contribution in [-0.2, 0) is 6.42 Å². The van der Waals surface area contributed by atoms with E-state index >= 15 is 4.39 Å². The molecule has 0 aliphatic rings. The number of rotatable bonds is 6. The molecule has 0 aliphatic carbocycles. The molecule has 164 valence electrons. The van der Waals surface area contributed by atoms with E-state index in [4.69, 9.17) is 6.57 Å². The maximum absolute atomic E-state index is 15.4. The van der Waals surface area contributed by atoms with Crippen molar-refractivity contribution in [2.45, 2.75) is 64.6 Å². The maximum atomic E-state index is 15.4. The minimum absolute atomic E-state index is 0.0390. The quantitative estimate of drug-likeness (QED) is 0.235. The highest BCUT2D eigenvalue weighted by Crippen LogP contribution is 2.45. The molecular weight excluding hydrogens is 474 g/mol. The lowest BCUT2D eigenvalue weighted by Crippen LogP contribution is -2.51. The summed E-state index contributed by atoms with van der Waals surface area (Å²) in [5.41, 5.74) is 3.61. The molecule has 3 rings (SSSR count). The van der Waals surface area contributed by atoms with Crippen LogP contribution in [0.15, 0.2) is 41.0 Å². The second-order valence-corrected chi connectivity index (χ2v) is 15.7. The van der Waals surface area contributed by atoms with Crippen LogP contribution in [0.5, 0.6) is 0 Å². The van der Waals surface area contributed by atoms with Crippen LogP contribution in [0.25, 0.3) is 15.7 Å². The van der Waals surface area contributed by atoms with Crippen LogP contribution >= 0.6 is 15.9 Å². The van der Waals surface area contributed by atoms with Gasteiger partial charge in [0.05, 0.1) is 6.57 Å². The molecule has 2 nitrogen and oxygen atoms in total. The van der Waals surface area contributed by atoms with E-state index in [1.54, 1.807) is 12.1 Å². The molecule has 0 saturated heterocycles. The Labute approximate surface area is 193 Å². The summed E-state index contributed by atoms with van der Waals surface area (Å²) >= 11 is 3.66. The fourth-order valence-electron chi connectivity index (χ4n) is 5.54. The predicted molar refractivity (Wildman–Crippen MR) is 132 cm³/mol. The van der Waals surface area contributed by atoms with Gasteiger partial charge in [-0.3, -0.25) is 0 Å². The summed E-state index contributed by atoms with van der Waals surface area (Å²) in [7, 11) is -2.02. The molecule has 0 fully saturated rings. The van der Waals surface area contributed by atoms with Crippen LogP contribution < -0.4 is 0 Å². The highest BCUT2D eigenvalue weighted by molar-refractivity contribution is 9.10. The molecule has 0 spiro atoms. The van der Waals surface area contributed by atoms with Crippen LogP contribution in [0.1, 0.15) is 52.7 Å². The van der Waals surface area contributed by atoms with Gasteiger partial charge in [-0.2, -0.15) is 0 Å². The molecule has 2 aromatic carbocycles. The molecule has 0 radical (unpaired) electrons. The topological polar surface area (TPSA) is 9.29 Å². The molecule has 0 aliphatic heterocycles. The Morgan fingerprint density at radius 1 is 0.968 bits per heavy atom. The largest absolute Gasteiger partial charge is 0.373 e. The van der Waals surface area contributed by atoms with Gasteiger partial charge in [-0.05, 0) is 63.0 Å². The van der Waals surface area contributed by atoms with Crippen molar-refractivity contribution in [3.8, 4) is 0 Å². The molecule has 3 aromatic rings. The first kappa shape index (κ1) is 23.7. The maximum Gasteiger partial charge on any atom is 0.222 e. The fraction of sp³-hybridized carbons (Fsp3) is 0.400. The third-order valence-electron chi connectivity index (χ3n) is 6.68. The van der Waals surface area contributed by atoms with Gasteiger partial charge in [0.2, 0.25) is 5.69 Å². The summed E-state index contributed by atoms with van der Waals surface area (Å²) in [5, 5.41) is 0.989. The van der Waals surface area contributed by atoms with E-state index in [0.717, 1.165) is 15.4 Å². The predicted octanol–water partition coefficient (Wildman–Crippen LogP) is 8.85. The molecule has 6 heteroatoms. The van der Waals surface area contributed by atoms with Crippen LogP contribution in [0.2, 0.25) is 16.6 Å². The molecule has 0 atom stereocenters. The van der Waals surface area contributed by atoms with E-state index in [2.05, 4.69) is 78.8 Å². The van der Waals surface area contributed by atoms with E-state index in [0.29, 0.717) is 27.8 Å². The molecule has 1 heterocycles. The molecule has 0 unspecified atom stereocenters. The van der Waals surface area contributed by atoms with Gasteiger partial charge in [-0.1, -0.05) is 53.2 Å². The molecule has 31 heavy (non-hydrogen) atoms. The highest BCUT2D eigenvalue weighted by atomic mass is 79.9. The zero-order valence-electron chi connectivity index (χ0n) is 18.9. The SMILES string of the molecule is [C-]#[N+]c1cc(Cc2c(F)cc3c(ccn3[Si](C(C)C)(C(C)C)C(C)C)c2Br)ccc1F. The number of hydrogen-bond donors (Lipinski definition) is 0. The van der Waals surface area contributed by atoms with Crippen molar-refractivity contribution in [2.75, 3.05) is 0 Å². The zero-order chi connectivity index (χ0) is 23.1. The minimum atomic E-state index is -2.02. The van der Waals surface area contributed by atoms with Crippen LogP contribution in [0.3, 0.4) is 0 Å². The molecule has 0 amide bonds. The smallest absolute Gasteiger partial charge is 0.222 e. The first-order chi connectivity index (χ1) is 14.5. The van der Waals surface area contributed by atoms with Crippen LogP contribution in [0.4, 0.5) is 14.5 Å². The molecule has 0 bridgehead atoms. The number of halogens is 3. The van der Waals surface area contributed by atoms with Crippen molar-refractivity contribution >= 4 is 40.8 Å². The first-order valence-electron chi connectivity index (χ1n) is 10.7. The monoisotopic (exact) mass is 502 g/mol. The van der Waals surface area contributed by atoms with Crippen molar-refractivity contribution < 1.29 is 8.78 Å². The Kier molecular flexibility index (Phi) is 6.78. The van der Waals surface area contributed by atoms with E-state index in [1.807, 2.05) is 0 Å². The Morgan fingerprint density at radius 3 is 2.13 bits per heavy atom. The third-order valence-corrected chi connectivity index (χ3v) is 14.4. The summed E-state index contributed by atoms with van der Waals surface area (Å²) in [6.07, 6.45) is 2.43. The van der Waals surface area contributed by atoms with Gasteiger partial charge in [0.25, 0.3) is 0 Å². The van der Waals surface area contributed by atoms with E-state index < -0.39 is 14.1 Å². The van der Waals surface area contributed by atoms with Gasteiger partial charge in [0.1, 0.15) is 11.6 Å². The number of hydrogen-bond acceptors (Lipinski definition) is 0. The number of fused-ring (bicyclic) bond motifs is 1. The van der Waals surface area contributed by atoms with Crippen LogP contribution in [-0.4, -0.2) is 12.5 Å². The standard InChI is InChI=1S/C25H29BrF2N2Si/c1-15(2)31(16(3)4,17(5)6)30-11-10-19-24(30)14-22(28)20(25(19)26)12-18-8-9-21(27)23(13-18)29-7/h8-11,13-17H,12H2,1-6H3. The van der Waals surface area contributed by atoms with Gasteiger partial charge < -0.3 is 4.23 Å². The minimum Gasteiger partial charge on any atom is -0.373 e. The fourth-order valence-corrected chi connectivity index (χ4v) is 12.8. The zero-order valence-corrected chi connectivity index (χ0v) is 21.5. The molecule has 0 saturated carbocycles. The van der Waals surface area contributed by atoms with Gasteiger partial charge in [0.15, 0.2) is 8.24 Å². The number of aromatic nitrogens is 1. The third kappa shape index (κ3) is 3.87. The van der Waals surface area contributed by atoms with Crippen LogP contribution in [0, 0.1) is 18.2 Å². The highest BCUT2D eigenvalue weighted by Gasteiger charge is 2.45. The Bertz CT molecular complexity index is 1140. The van der Waals surface area contributed by atoms with Crippen molar-refractivity contribution in [2.24, 2.45) is 0 Å². The molecule has 1 aromatic heterocycles. The van der Waals surface area contributed by atoms with Gasteiger partial charge in [-0.15, -0.1) is 0 Å². The van der Waals surface area contributed by atoms with E-state index in [9.17, 15) is 4.39 Å². The summed E-state index contributed by atoms with van der Waals surface area (Å²) < 4.78 is 32.2. The van der Waals surface area contributed by atoms with Crippen molar-refractivity contribution in [3.05, 3.63) is 75.2 Å². The first-order valence-corrected chi connectivity index (χ1v) is 13.7. The Hall–Kier alpha value is -1.97. The molecule has 0 N–H and O–H groups in total. The summed E-state index contributed by atoms with van der Waals surface area (Å²) in [6.45, 7) is 20.9. The summed E-state index contributed by atoms with van der Waals surface area (Å²) in [5.74, 6) is -0.838. The normalized spacial score (nSPS) is 12.4. The van der Waals surface area contributed by atoms with Gasteiger partial charge in [-0.25, -0.2) is 13.6 Å². The number of benzene rings is 2. The van der Waals surface area contributed by atoms with E-state index in [1.165, 1.54) is 12.1 Å².